The van der Waals surface area contributed by atoms with Gasteiger partial charge in [-0.05, 0) is 105 Å². The van der Waals surface area contributed by atoms with E-state index in [1.165, 1.54) is 19.3 Å². The van der Waals surface area contributed by atoms with Crippen molar-refractivity contribution in [3.05, 3.63) is 29.8 Å². The number of carbonyl (C=O) groups excluding carboxylic acids is 2. The predicted octanol–water partition coefficient (Wildman–Crippen LogP) is 4.66. The first-order chi connectivity index (χ1) is 17.3. The van der Waals surface area contributed by atoms with E-state index in [0.29, 0.717) is 48.9 Å². The summed E-state index contributed by atoms with van der Waals surface area (Å²) < 4.78 is 6.05. The Balaban J connectivity index is 1.08. The maximum atomic E-state index is 13.2. The van der Waals surface area contributed by atoms with Gasteiger partial charge in [-0.15, -0.1) is 0 Å². The molecule has 2 amide bonds. The molecule has 4 bridgehead atoms. The van der Waals surface area contributed by atoms with Gasteiger partial charge in [0.2, 0.25) is 5.91 Å². The lowest BCUT2D eigenvalue weighted by atomic mass is 9.48. The SMILES string of the molecule is CC(C)CC(=O)N1CCC(CCOc2cccc(C(=O)NC3C4CC5CC3CC(CO)(C5)C4)c2)CC1. The third-order valence-corrected chi connectivity index (χ3v) is 9.47. The summed E-state index contributed by atoms with van der Waals surface area (Å²) in [6.07, 6.45) is 9.35. The van der Waals surface area contributed by atoms with Crippen LogP contribution in [0.4, 0.5) is 0 Å². The molecule has 0 radical (unpaired) electrons. The Morgan fingerprint density at radius 1 is 1.14 bits per heavy atom. The van der Waals surface area contributed by atoms with Crippen LogP contribution in [0.25, 0.3) is 0 Å². The summed E-state index contributed by atoms with van der Waals surface area (Å²) in [7, 11) is 0. The topological polar surface area (TPSA) is 78.9 Å². The maximum absolute atomic E-state index is 13.2. The van der Waals surface area contributed by atoms with Crippen molar-refractivity contribution in [1.82, 2.24) is 10.2 Å². The predicted molar refractivity (Wildman–Crippen MR) is 140 cm³/mol. The summed E-state index contributed by atoms with van der Waals surface area (Å²) >= 11 is 0. The number of hydrogen-bond donors (Lipinski definition) is 2. The first kappa shape index (κ1) is 25.6. The second-order valence-corrected chi connectivity index (χ2v) is 12.7. The van der Waals surface area contributed by atoms with E-state index in [-0.39, 0.29) is 23.3 Å². The van der Waals surface area contributed by atoms with Crippen molar-refractivity contribution in [3.63, 3.8) is 0 Å². The summed E-state index contributed by atoms with van der Waals surface area (Å²) in [4.78, 5) is 27.5. The minimum atomic E-state index is -0.00518. The highest BCUT2D eigenvalue weighted by Gasteiger charge is 2.55. The summed E-state index contributed by atoms with van der Waals surface area (Å²) in [6.45, 7) is 6.83. The van der Waals surface area contributed by atoms with Gasteiger partial charge in [0.05, 0.1) is 6.61 Å². The van der Waals surface area contributed by atoms with Crippen molar-refractivity contribution < 1.29 is 19.4 Å². The molecule has 2 unspecified atom stereocenters. The van der Waals surface area contributed by atoms with Crippen molar-refractivity contribution >= 4 is 11.8 Å². The van der Waals surface area contributed by atoms with Crippen molar-refractivity contribution in [2.24, 2.45) is 35.0 Å². The van der Waals surface area contributed by atoms with Crippen LogP contribution >= 0.6 is 0 Å². The molecule has 2 N–H and O–H groups in total. The van der Waals surface area contributed by atoms with Crippen LogP contribution in [0.1, 0.15) is 82.0 Å². The molecule has 1 aliphatic heterocycles. The first-order valence-electron chi connectivity index (χ1n) is 14.3. The van der Waals surface area contributed by atoms with Gasteiger partial charge in [0.25, 0.3) is 5.91 Å². The number of ether oxygens (including phenoxy) is 1. The minimum Gasteiger partial charge on any atom is -0.494 e. The van der Waals surface area contributed by atoms with Crippen LogP contribution < -0.4 is 10.1 Å². The van der Waals surface area contributed by atoms with Crippen molar-refractivity contribution in [1.29, 1.82) is 0 Å². The molecule has 36 heavy (non-hydrogen) atoms. The van der Waals surface area contributed by atoms with Crippen molar-refractivity contribution in [2.75, 3.05) is 26.3 Å². The average Bonchev–Trinajstić information content (AvgIpc) is 2.86. The zero-order chi connectivity index (χ0) is 25.3. The highest BCUT2D eigenvalue weighted by molar-refractivity contribution is 5.94. The van der Waals surface area contributed by atoms with Gasteiger partial charge in [0.1, 0.15) is 5.75 Å². The molecule has 0 aromatic heterocycles. The van der Waals surface area contributed by atoms with Gasteiger partial charge in [-0.2, -0.15) is 0 Å². The van der Waals surface area contributed by atoms with Crippen molar-refractivity contribution in [2.45, 2.75) is 77.7 Å². The zero-order valence-electron chi connectivity index (χ0n) is 22.1. The number of piperidine rings is 1. The third-order valence-electron chi connectivity index (χ3n) is 9.47. The standard InChI is InChI=1S/C30H44N2O4/c1-20(2)12-27(34)32-9-6-21(7-10-32)8-11-36-26-5-3-4-23(15-26)29(35)31-28-24-13-22-14-25(28)18-30(16-22,17-24)19-33/h3-5,15,20-22,24-25,28,33H,6-14,16-19H2,1-2H3,(H,31,35). The Morgan fingerprint density at radius 2 is 1.86 bits per heavy atom. The molecular weight excluding hydrogens is 452 g/mol. The number of aliphatic hydroxyl groups is 1. The molecule has 6 nitrogen and oxygen atoms in total. The van der Waals surface area contributed by atoms with E-state index in [1.807, 2.05) is 29.2 Å². The van der Waals surface area contributed by atoms with Crippen LogP contribution in [0.2, 0.25) is 0 Å². The van der Waals surface area contributed by atoms with E-state index in [4.69, 9.17) is 4.74 Å². The van der Waals surface area contributed by atoms with Crippen LogP contribution in [0.5, 0.6) is 5.75 Å². The van der Waals surface area contributed by atoms with E-state index in [0.717, 1.165) is 56.9 Å². The lowest BCUT2D eigenvalue weighted by Crippen LogP contribution is -2.60. The van der Waals surface area contributed by atoms with Gasteiger partial charge in [-0.25, -0.2) is 0 Å². The fourth-order valence-electron chi connectivity index (χ4n) is 7.88. The molecule has 4 saturated carbocycles. The second-order valence-electron chi connectivity index (χ2n) is 12.7. The molecular formula is C30H44N2O4. The van der Waals surface area contributed by atoms with Gasteiger partial charge in [0.15, 0.2) is 0 Å². The molecule has 5 aliphatic rings. The molecule has 5 fully saturated rings. The molecule has 198 valence electrons. The van der Waals surface area contributed by atoms with E-state index in [1.54, 1.807) is 0 Å². The Labute approximate surface area is 216 Å². The van der Waals surface area contributed by atoms with Crippen LogP contribution in [-0.2, 0) is 4.79 Å². The van der Waals surface area contributed by atoms with Crippen LogP contribution in [0, 0.1) is 35.0 Å². The quantitative estimate of drug-likeness (QED) is 0.521. The maximum Gasteiger partial charge on any atom is 0.251 e. The lowest BCUT2D eigenvalue weighted by molar-refractivity contribution is -0.133. The number of amides is 2. The van der Waals surface area contributed by atoms with E-state index in [9.17, 15) is 14.7 Å². The molecule has 1 heterocycles. The highest BCUT2D eigenvalue weighted by atomic mass is 16.5. The van der Waals surface area contributed by atoms with Crippen molar-refractivity contribution in [3.8, 4) is 5.75 Å². The minimum absolute atomic E-state index is 0.00518. The van der Waals surface area contributed by atoms with Gasteiger partial charge in [-0.3, -0.25) is 9.59 Å². The summed E-state index contributed by atoms with van der Waals surface area (Å²) in [6, 6.07) is 7.81. The van der Waals surface area contributed by atoms with Gasteiger partial charge >= 0.3 is 0 Å². The van der Waals surface area contributed by atoms with Crippen LogP contribution in [0.3, 0.4) is 0 Å². The number of rotatable bonds is 9. The summed E-state index contributed by atoms with van der Waals surface area (Å²) in [5.74, 6) is 3.75. The Bertz CT molecular complexity index is 923. The number of benzene rings is 1. The summed E-state index contributed by atoms with van der Waals surface area (Å²) in [5, 5.41) is 13.4. The lowest BCUT2D eigenvalue weighted by Gasteiger charge is -2.59. The van der Waals surface area contributed by atoms with Gasteiger partial charge in [-0.1, -0.05) is 19.9 Å². The number of nitrogens with one attached hydrogen (secondary N) is 1. The number of aliphatic hydroxyl groups excluding tert-OH is 1. The monoisotopic (exact) mass is 496 g/mol. The van der Waals surface area contributed by atoms with Gasteiger partial charge in [0, 0.05) is 37.7 Å². The fourth-order valence-corrected chi connectivity index (χ4v) is 7.88. The zero-order valence-corrected chi connectivity index (χ0v) is 22.1. The third kappa shape index (κ3) is 5.58. The smallest absolute Gasteiger partial charge is 0.251 e. The Morgan fingerprint density at radius 3 is 2.53 bits per heavy atom. The van der Waals surface area contributed by atoms with E-state index in [2.05, 4.69) is 19.2 Å². The number of nitrogens with zero attached hydrogens (tertiary/aromatic N) is 1. The second kappa shape index (κ2) is 10.7. The van der Waals surface area contributed by atoms with Crippen LogP contribution in [0.15, 0.2) is 24.3 Å². The molecule has 4 aliphatic carbocycles. The molecule has 1 aromatic carbocycles. The Hall–Kier alpha value is -2.08. The number of hydrogen-bond acceptors (Lipinski definition) is 4. The molecule has 6 heteroatoms. The normalized spacial score (nSPS) is 31.6. The fraction of sp³-hybridized carbons (Fsp3) is 0.733. The van der Waals surface area contributed by atoms with Crippen LogP contribution in [-0.4, -0.2) is 54.2 Å². The largest absolute Gasteiger partial charge is 0.494 e. The highest BCUT2D eigenvalue weighted by Crippen LogP contribution is 2.59. The van der Waals surface area contributed by atoms with Gasteiger partial charge < -0.3 is 20.1 Å². The number of likely N-dealkylation sites (tertiary alicyclic amines) is 1. The molecule has 1 aromatic rings. The van der Waals surface area contributed by atoms with E-state index < -0.39 is 0 Å². The molecule has 6 rings (SSSR count). The molecule has 2 atom stereocenters. The molecule has 1 saturated heterocycles. The Kier molecular flexibility index (Phi) is 7.62. The summed E-state index contributed by atoms with van der Waals surface area (Å²) in [5.41, 5.74) is 0.779. The average molecular weight is 497 g/mol. The first-order valence-corrected chi connectivity index (χ1v) is 14.3. The number of carbonyl (C=O) groups is 2. The van der Waals surface area contributed by atoms with E-state index >= 15 is 0 Å². The molecule has 0 spiro atoms.